The maximum atomic E-state index is 11.8. The van der Waals surface area contributed by atoms with E-state index in [1.807, 2.05) is 12.1 Å². The molecule has 0 aliphatic heterocycles. The number of esters is 1. The highest BCUT2D eigenvalue weighted by Gasteiger charge is 2.08. The summed E-state index contributed by atoms with van der Waals surface area (Å²) in [5, 5.41) is 0. The van der Waals surface area contributed by atoms with Gasteiger partial charge < -0.3 is 4.74 Å². The van der Waals surface area contributed by atoms with E-state index in [-0.39, 0.29) is 12.4 Å². The van der Waals surface area contributed by atoms with Crippen LogP contribution in [0.25, 0.3) is 0 Å². The highest BCUT2D eigenvalue weighted by molar-refractivity contribution is 9.10. The minimum atomic E-state index is -1.14. The Kier molecular flexibility index (Phi) is 5.69. The van der Waals surface area contributed by atoms with Crippen LogP contribution >= 0.6 is 15.9 Å². The van der Waals surface area contributed by atoms with Crippen molar-refractivity contribution < 1.29 is 13.7 Å². The highest BCUT2D eigenvalue weighted by Crippen LogP contribution is 2.13. The van der Waals surface area contributed by atoms with Crippen LogP contribution in [0.4, 0.5) is 0 Å². The van der Waals surface area contributed by atoms with E-state index >= 15 is 0 Å². The zero-order chi connectivity index (χ0) is 12.0. The lowest BCUT2D eigenvalue weighted by Crippen LogP contribution is -2.09. The van der Waals surface area contributed by atoms with Gasteiger partial charge in [-0.2, -0.15) is 0 Å². The minimum absolute atomic E-state index is 0.191. The molecule has 1 unspecified atom stereocenters. The van der Waals surface area contributed by atoms with E-state index in [0.717, 1.165) is 9.37 Å². The molecular formula is C11H13BrO3S. The molecule has 16 heavy (non-hydrogen) atoms. The maximum Gasteiger partial charge on any atom is 0.306 e. The Morgan fingerprint density at radius 1 is 1.38 bits per heavy atom. The lowest BCUT2D eigenvalue weighted by molar-refractivity contribution is -0.142. The molecule has 0 radical (unpaired) electrons. The van der Waals surface area contributed by atoms with E-state index in [2.05, 4.69) is 15.9 Å². The van der Waals surface area contributed by atoms with Crippen LogP contribution in [0, 0.1) is 0 Å². The smallest absolute Gasteiger partial charge is 0.306 e. The van der Waals surface area contributed by atoms with Crippen LogP contribution in [0.5, 0.6) is 0 Å². The summed E-state index contributed by atoms with van der Waals surface area (Å²) < 4.78 is 17.5. The quantitative estimate of drug-likeness (QED) is 0.785. The van der Waals surface area contributed by atoms with Crippen molar-refractivity contribution in [1.29, 1.82) is 0 Å². The van der Waals surface area contributed by atoms with Crippen molar-refractivity contribution >= 4 is 32.7 Å². The molecule has 0 saturated heterocycles. The highest BCUT2D eigenvalue weighted by atomic mass is 79.9. The molecular weight excluding hydrogens is 292 g/mol. The van der Waals surface area contributed by atoms with E-state index in [9.17, 15) is 9.00 Å². The van der Waals surface area contributed by atoms with Gasteiger partial charge in [-0.25, -0.2) is 0 Å². The fraction of sp³-hybridized carbons (Fsp3) is 0.364. The normalized spacial score (nSPS) is 12.1. The molecule has 0 N–H and O–H groups in total. The van der Waals surface area contributed by atoms with Crippen LogP contribution in [0.15, 0.2) is 33.6 Å². The van der Waals surface area contributed by atoms with Crippen molar-refractivity contribution in [2.24, 2.45) is 0 Å². The molecule has 88 valence electrons. The SMILES string of the molecule is CCOC(=O)CCS(=O)c1ccc(Br)cc1. The molecule has 0 fully saturated rings. The van der Waals surface area contributed by atoms with Gasteiger partial charge in [0.15, 0.2) is 0 Å². The van der Waals surface area contributed by atoms with E-state index in [1.165, 1.54) is 0 Å². The Balaban J connectivity index is 2.47. The Hall–Kier alpha value is -0.680. The number of hydrogen-bond donors (Lipinski definition) is 0. The Morgan fingerprint density at radius 3 is 2.56 bits per heavy atom. The monoisotopic (exact) mass is 304 g/mol. The summed E-state index contributed by atoms with van der Waals surface area (Å²) in [6.07, 6.45) is 0.191. The molecule has 1 aromatic rings. The number of ether oxygens (including phenoxy) is 1. The van der Waals surface area contributed by atoms with Crippen molar-refractivity contribution in [3.8, 4) is 0 Å². The Morgan fingerprint density at radius 2 is 2.00 bits per heavy atom. The molecule has 1 atom stereocenters. The van der Waals surface area contributed by atoms with Crippen molar-refractivity contribution in [2.75, 3.05) is 12.4 Å². The van der Waals surface area contributed by atoms with Gasteiger partial charge in [0.1, 0.15) is 0 Å². The fourth-order valence-electron chi connectivity index (χ4n) is 1.11. The summed E-state index contributed by atoms with van der Waals surface area (Å²) in [6, 6.07) is 7.23. The fourth-order valence-corrected chi connectivity index (χ4v) is 2.41. The first kappa shape index (κ1) is 13.4. The van der Waals surface area contributed by atoms with E-state index in [0.29, 0.717) is 12.4 Å². The third-order valence-corrected chi connectivity index (χ3v) is 3.77. The summed E-state index contributed by atoms with van der Waals surface area (Å²) in [4.78, 5) is 11.8. The summed E-state index contributed by atoms with van der Waals surface area (Å²) in [5.74, 6) is 0.00783. The first-order valence-corrected chi connectivity index (χ1v) is 7.04. The molecule has 1 aromatic carbocycles. The Bertz CT molecular complexity index is 375. The average Bonchev–Trinajstić information content (AvgIpc) is 2.27. The molecule has 0 spiro atoms. The predicted molar refractivity (Wildman–Crippen MR) is 66.7 cm³/mol. The van der Waals surface area contributed by atoms with Crippen LogP contribution in [0.3, 0.4) is 0 Å². The van der Waals surface area contributed by atoms with Crippen LogP contribution in [-0.4, -0.2) is 22.5 Å². The van der Waals surface area contributed by atoms with Crippen LogP contribution < -0.4 is 0 Å². The van der Waals surface area contributed by atoms with Gasteiger partial charge in [-0.15, -0.1) is 0 Å². The largest absolute Gasteiger partial charge is 0.466 e. The summed E-state index contributed by atoms with van der Waals surface area (Å²) in [6.45, 7) is 2.12. The zero-order valence-corrected chi connectivity index (χ0v) is 11.3. The van der Waals surface area contributed by atoms with Crippen molar-refractivity contribution in [1.82, 2.24) is 0 Å². The summed E-state index contributed by atoms with van der Waals surface area (Å²) >= 11 is 3.30. The molecule has 0 aromatic heterocycles. The zero-order valence-electron chi connectivity index (χ0n) is 8.94. The third-order valence-electron chi connectivity index (χ3n) is 1.87. The first-order valence-electron chi connectivity index (χ1n) is 4.93. The molecule has 0 amide bonds. The molecule has 0 saturated carbocycles. The van der Waals surface area contributed by atoms with Crippen molar-refractivity contribution in [3.05, 3.63) is 28.7 Å². The van der Waals surface area contributed by atoms with Crippen molar-refractivity contribution in [2.45, 2.75) is 18.2 Å². The molecule has 0 heterocycles. The standard InChI is InChI=1S/C11H13BrO3S/c1-2-15-11(13)7-8-16(14)10-5-3-9(12)4-6-10/h3-6H,2,7-8H2,1H3. The summed E-state index contributed by atoms with van der Waals surface area (Å²) in [5.41, 5.74) is 0. The van der Waals surface area contributed by atoms with Gasteiger partial charge in [-0.05, 0) is 31.2 Å². The van der Waals surface area contributed by atoms with E-state index in [1.54, 1.807) is 19.1 Å². The number of carbonyl (C=O) groups is 1. The van der Waals surface area contributed by atoms with Gasteiger partial charge in [0.05, 0.1) is 23.8 Å². The lowest BCUT2D eigenvalue weighted by Gasteiger charge is -2.02. The topological polar surface area (TPSA) is 43.4 Å². The number of halogens is 1. The molecule has 0 aliphatic carbocycles. The molecule has 1 rings (SSSR count). The van der Waals surface area contributed by atoms with E-state index < -0.39 is 10.8 Å². The molecule has 0 aliphatic rings. The predicted octanol–water partition coefficient (Wildman–Crippen LogP) is 2.51. The molecule has 0 bridgehead atoms. The second-order valence-corrected chi connectivity index (χ2v) is 5.54. The van der Waals surface area contributed by atoms with Gasteiger partial charge >= 0.3 is 5.97 Å². The van der Waals surface area contributed by atoms with Crippen LogP contribution in [0.2, 0.25) is 0 Å². The number of rotatable bonds is 5. The maximum absolute atomic E-state index is 11.8. The number of carbonyl (C=O) groups excluding carboxylic acids is 1. The van der Waals surface area contributed by atoms with Crippen molar-refractivity contribution in [3.63, 3.8) is 0 Å². The van der Waals surface area contributed by atoms with Gasteiger partial charge in [-0.1, -0.05) is 15.9 Å². The molecule has 5 heteroatoms. The van der Waals surface area contributed by atoms with Crippen LogP contribution in [-0.2, 0) is 20.3 Å². The third kappa shape index (κ3) is 4.45. The second-order valence-electron chi connectivity index (χ2n) is 3.06. The number of benzene rings is 1. The minimum Gasteiger partial charge on any atom is -0.466 e. The first-order chi connectivity index (χ1) is 7.63. The molecule has 3 nitrogen and oxygen atoms in total. The average molecular weight is 305 g/mol. The number of hydrogen-bond acceptors (Lipinski definition) is 3. The van der Waals surface area contributed by atoms with E-state index in [4.69, 9.17) is 4.74 Å². The Labute approximate surface area is 106 Å². The van der Waals surface area contributed by atoms with Crippen LogP contribution in [0.1, 0.15) is 13.3 Å². The second kappa shape index (κ2) is 6.81. The summed E-state index contributed by atoms with van der Waals surface area (Å²) in [7, 11) is -1.14. The van der Waals surface area contributed by atoms with Gasteiger partial charge in [0.25, 0.3) is 0 Å². The van der Waals surface area contributed by atoms with Gasteiger partial charge in [-0.3, -0.25) is 9.00 Å². The lowest BCUT2D eigenvalue weighted by atomic mass is 10.4. The van der Waals surface area contributed by atoms with Gasteiger partial charge in [0.2, 0.25) is 0 Å². The van der Waals surface area contributed by atoms with Gasteiger partial charge in [0, 0.05) is 15.1 Å².